The van der Waals surface area contributed by atoms with Gasteiger partial charge in [0.1, 0.15) is 0 Å². The zero-order valence-corrected chi connectivity index (χ0v) is 11.1. The average Bonchev–Trinajstić information content (AvgIpc) is 2.69. The van der Waals surface area contributed by atoms with Crippen LogP contribution in [0.4, 0.5) is 0 Å². The normalized spacial score (nSPS) is 31.5. The Labute approximate surface area is 104 Å². The Bertz CT molecular complexity index is 309. The van der Waals surface area contributed by atoms with E-state index < -0.39 is 11.6 Å². The fourth-order valence-electron chi connectivity index (χ4n) is 2.58. The van der Waals surface area contributed by atoms with Gasteiger partial charge in [-0.1, -0.05) is 18.6 Å². The largest absolute Gasteiger partial charge is 0.479 e. The van der Waals surface area contributed by atoms with E-state index in [1.54, 1.807) is 0 Å². The standard InChI is InChI=1S/C14H24O3/c1-4-10(2)5-6-11(3)12-7-8-14(17,9-12)13(15)16/h4,11-12,17H,5-9H2,1-3H3,(H,15,16)/b10-4+/t11?,12?,14-/m1/s1. The van der Waals surface area contributed by atoms with Crippen LogP contribution in [0.3, 0.4) is 0 Å². The molecule has 0 radical (unpaired) electrons. The number of carboxylic acids is 1. The van der Waals surface area contributed by atoms with Crippen LogP contribution in [-0.2, 0) is 4.79 Å². The minimum atomic E-state index is -1.46. The van der Waals surface area contributed by atoms with E-state index in [9.17, 15) is 9.90 Å². The molecule has 1 fully saturated rings. The van der Waals surface area contributed by atoms with Gasteiger partial charge < -0.3 is 10.2 Å². The molecule has 2 N–H and O–H groups in total. The molecule has 1 aliphatic carbocycles. The molecule has 98 valence electrons. The van der Waals surface area contributed by atoms with Crippen LogP contribution in [0.1, 0.15) is 52.9 Å². The Balaban J connectivity index is 2.45. The number of carboxylic acid groups (broad SMARTS) is 1. The molecule has 0 aromatic rings. The molecule has 0 spiro atoms. The van der Waals surface area contributed by atoms with Crippen molar-refractivity contribution in [2.75, 3.05) is 0 Å². The summed E-state index contributed by atoms with van der Waals surface area (Å²) in [5.41, 5.74) is -0.0856. The predicted molar refractivity (Wildman–Crippen MR) is 67.8 cm³/mol. The highest BCUT2D eigenvalue weighted by molar-refractivity contribution is 5.77. The van der Waals surface area contributed by atoms with Gasteiger partial charge in [0.15, 0.2) is 5.60 Å². The Hall–Kier alpha value is -0.830. The number of aliphatic hydroxyl groups is 1. The lowest BCUT2D eigenvalue weighted by atomic mass is 9.86. The molecule has 0 bridgehead atoms. The monoisotopic (exact) mass is 240 g/mol. The lowest BCUT2D eigenvalue weighted by Gasteiger charge is -2.21. The Morgan fingerprint density at radius 2 is 2.24 bits per heavy atom. The molecular weight excluding hydrogens is 216 g/mol. The van der Waals surface area contributed by atoms with E-state index in [4.69, 9.17) is 5.11 Å². The van der Waals surface area contributed by atoms with Crippen LogP contribution >= 0.6 is 0 Å². The maximum Gasteiger partial charge on any atom is 0.335 e. The zero-order valence-electron chi connectivity index (χ0n) is 11.1. The molecule has 0 aliphatic heterocycles. The minimum Gasteiger partial charge on any atom is -0.479 e. The van der Waals surface area contributed by atoms with Crippen molar-refractivity contribution < 1.29 is 15.0 Å². The van der Waals surface area contributed by atoms with Crippen LogP contribution in [0.25, 0.3) is 0 Å². The van der Waals surface area contributed by atoms with Crippen LogP contribution in [-0.4, -0.2) is 21.8 Å². The van der Waals surface area contributed by atoms with Crippen molar-refractivity contribution in [1.82, 2.24) is 0 Å². The second kappa shape index (κ2) is 5.67. The summed E-state index contributed by atoms with van der Waals surface area (Å²) in [7, 11) is 0. The van der Waals surface area contributed by atoms with Crippen molar-refractivity contribution in [2.45, 2.75) is 58.5 Å². The van der Waals surface area contributed by atoms with Gasteiger partial charge in [0, 0.05) is 0 Å². The Kier molecular flexibility index (Phi) is 4.75. The first-order valence-corrected chi connectivity index (χ1v) is 6.46. The van der Waals surface area contributed by atoms with Crippen LogP contribution in [0.2, 0.25) is 0 Å². The first-order chi connectivity index (χ1) is 7.89. The average molecular weight is 240 g/mol. The maximum atomic E-state index is 10.9. The first kappa shape index (κ1) is 14.2. The topological polar surface area (TPSA) is 57.5 Å². The van der Waals surface area contributed by atoms with E-state index in [-0.39, 0.29) is 0 Å². The van der Waals surface area contributed by atoms with Gasteiger partial charge in [-0.3, -0.25) is 0 Å². The molecule has 17 heavy (non-hydrogen) atoms. The van der Waals surface area contributed by atoms with E-state index in [1.807, 2.05) is 6.92 Å². The number of aliphatic carboxylic acids is 1. The number of carbonyl (C=O) groups is 1. The van der Waals surface area contributed by atoms with Crippen LogP contribution in [0.5, 0.6) is 0 Å². The first-order valence-electron chi connectivity index (χ1n) is 6.46. The van der Waals surface area contributed by atoms with Crippen molar-refractivity contribution in [1.29, 1.82) is 0 Å². The van der Waals surface area contributed by atoms with Gasteiger partial charge in [-0.2, -0.15) is 0 Å². The second-order valence-electron chi connectivity index (χ2n) is 5.49. The van der Waals surface area contributed by atoms with Gasteiger partial charge in [0.05, 0.1) is 0 Å². The summed E-state index contributed by atoms with van der Waals surface area (Å²) in [4.78, 5) is 10.9. The highest BCUT2D eigenvalue weighted by atomic mass is 16.4. The lowest BCUT2D eigenvalue weighted by molar-refractivity contribution is -0.158. The molecule has 1 aliphatic rings. The number of rotatable bonds is 5. The van der Waals surface area contributed by atoms with Gasteiger partial charge in [-0.15, -0.1) is 0 Å². The molecule has 0 aromatic heterocycles. The number of hydrogen-bond donors (Lipinski definition) is 2. The highest BCUT2D eigenvalue weighted by Gasteiger charge is 2.44. The summed E-state index contributed by atoms with van der Waals surface area (Å²) in [6.45, 7) is 6.33. The molecule has 3 nitrogen and oxygen atoms in total. The van der Waals surface area contributed by atoms with E-state index in [1.165, 1.54) is 5.57 Å². The molecule has 0 heterocycles. The number of hydrogen-bond acceptors (Lipinski definition) is 2. The highest BCUT2D eigenvalue weighted by Crippen LogP contribution is 2.40. The van der Waals surface area contributed by atoms with Gasteiger partial charge in [-0.05, 0) is 57.8 Å². The van der Waals surface area contributed by atoms with Crippen LogP contribution in [0.15, 0.2) is 11.6 Å². The fourth-order valence-corrected chi connectivity index (χ4v) is 2.58. The van der Waals surface area contributed by atoms with Gasteiger partial charge >= 0.3 is 5.97 Å². The van der Waals surface area contributed by atoms with Gasteiger partial charge in [0.2, 0.25) is 0 Å². The molecule has 1 saturated carbocycles. The smallest absolute Gasteiger partial charge is 0.335 e. The predicted octanol–water partition coefficient (Wildman–Crippen LogP) is 2.98. The van der Waals surface area contributed by atoms with Crippen molar-refractivity contribution in [3.63, 3.8) is 0 Å². The van der Waals surface area contributed by atoms with E-state index >= 15 is 0 Å². The molecule has 0 saturated heterocycles. The molecule has 2 unspecified atom stereocenters. The zero-order chi connectivity index (χ0) is 13.1. The molecule has 3 atom stereocenters. The van der Waals surface area contributed by atoms with E-state index in [2.05, 4.69) is 19.9 Å². The second-order valence-corrected chi connectivity index (χ2v) is 5.49. The van der Waals surface area contributed by atoms with Crippen molar-refractivity contribution >= 4 is 5.97 Å². The Morgan fingerprint density at radius 3 is 2.71 bits per heavy atom. The summed E-state index contributed by atoms with van der Waals surface area (Å²) < 4.78 is 0. The molecule has 0 amide bonds. The third kappa shape index (κ3) is 3.56. The summed E-state index contributed by atoms with van der Waals surface area (Å²) in [6, 6.07) is 0. The summed E-state index contributed by atoms with van der Waals surface area (Å²) in [5, 5.41) is 18.9. The van der Waals surface area contributed by atoms with E-state index in [0.717, 1.165) is 19.3 Å². The maximum absolute atomic E-state index is 10.9. The van der Waals surface area contributed by atoms with Crippen LogP contribution < -0.4 is 0 Å². The van der Waals surface area contributed by atoms with Crippen LogP contribution in [0, 0.1) is 11.8 Å². The van der Waals surface area contributed by atoms with Gasteiger partial charge in [0.25, 0.3) is 0 Å². The molecule has 0 aromatic carbocycles. The fraction of sp³-hybridized carbons (Fsp3) is 0.786. The van der Waals surface area contributed by atoms with Crippen molar-refractivity contribution in [2.24, 2.45) is 11.8 Å². The molecule has 1 rings (SSSR count). The molecular formula is C14H24O3. The summed E-state index contributed by atoms with van der Waals surface area (Å²) in [5.74, 6) is -0.226. The SMILES string of the molecule is C/C=C(\C)CCC(C)C1CC[C@](O)(C(=O)O)C1. The minimum absolute atomic E-state index is 0.348. The molecule has 3 heteroatoms. The van der Waals surface area contributed by atoms with E-state index in [0.29, 0.717) is 24.7 Å². The Morgan fingerprint density at radius 1 is 1.59 bits per heavy atom. The van der Waals surface area contributed by atoms with Crippen molar-refractivity contribution in [3.05, 3.63) is 11.6 Å². The third-order valence-electron chi connectivity index (χ3n) is 4.22. The lowest BCUT2D eigenvalue weighted by Crippen LogP contribution is -2.35. The summed E-state index contributed by atoms with van der Waals surface area (Å²) in [6.07, 6.45) is 5.92. The number of allylic oxidation sites excluding steroid dienone is 2. The van der Waals surface area contributed by atoms with Gasteiger partial charge in [-0.25, -0.2) is 4.79 Å². The summed E-state index contributed by atoms with van der Waals surface area (Å²) >= 11 is 0. The third-order valence-corrected chi connectivity index (χ3v) is 4.22. The quantitative estimate of drug-likeness (QED) is 0.726. The van der Waals surface area contributed by atoms with Crippen molar-refractivity contribution in [3.8, 4) is 0 Å².